The third kappa shape index (κ3) is 36.7. The molecule has 0 aromatic carbocycles. The van der Waals surface area contributed by atoms with Crippen molar-refractivity contribution in [1.82, 2.24) is 0 Å². The van der Waals surface area contributed by atoms with Gasteiger partial charge in [-0.05, 0) is 103 Å². The Hall–Kier alpha value is -3.41. The monoisotopic (exact) mass is 921 g/mol. The van der Waals surface area contributed by atoms with Crippen LogP contribution >= 0.6 is 0 Å². The van der Waals surface area contributed by atoms with Crippen molar-refractivity contribution in [2.75, 3.05) is 26.4 Å². The Labute approximate surface area is 401 Å². The van der Waals surface area contributed by atoms with Gasteiger partial charge in [0.05, 0.1) is 19.8 Å². The van der Waals surface area contributed by atoms with Crippen molar-refractivity contribution in [3.63, 3.8) is 0 Å². The summed E-state index contributed by atoms with van der Waals surface area (Å²) in [4.78, 5) is 12.8. The highest BCUT2D eigenvalue weighted by Crippen LogP contribution is 2.22. The molecule has 1 heterocycles. The van der Waals surface area contributed by atoms with Crippen LogP contribution in [0.2, 0.25) is 0 Å². The summed E-state index contributed by atoms with van der Waals surface area (Å²) in [6, 6.07) is 0. The number of carbonyl (C=O) groups excluding carboxylic acids is 1. The zero-order chi connectivity index (χ0) is 47.8. The summed E-state index contributed by atoms with van der Waals surface area (Å²) in [6.07, 6.45) is 60.9. The van der Waals surface area contributed by atoms with E-state index in [0.717, 1.165) is 89.9 Å². The third-order valence-corrected chi connectivity index (χ3v) is 10.9. The fraction of sp³-hybridized carbons (Fsp3) is 0.632. The Bertz CT molecular complexity index is 1420. The van der Waals surface area contributed by atoms with Gasteiger partial charge in [-0.15, -0.1) is 0 Å². The van der Waals surface area contributed by atoms with Gasteiger partial charge in [-0.1, -0.05) is 180 Å². The maximum absolute atomic E-state index is 12.8. The molecule has 0 spiro atoms. The molecule has 4 N–H and O–H groups in total. The fourth-order valence-corrected chi connectivity index (χ4v) is 6.90. The van der Waals surface area contributed by atoms with Crippen LogP contribution in [0.5, 0.6) is 0 Å². The van der Waals surface area contributed by atoms with E-state index in [2.05, 4.69) is 135 Å². The van der Waals surface area contributed by atoms with Crippen LogP contribution in [0.3, 0.4) is 0 Å². The minimum atomic E-state index is -1.56. The van der Waals surface area contributed by atoms with E-state index in [1.54, 1.807) is 0 Å². The van der Waals surface area contributed by atoms with Gasteiger partial charge in [-0.2, -0.15) is 0 Å². The van der Waals surface area contributed by atoms with Crippen molar-refractivity contribution in [2.45, 2.75) is 205 Å². The minimum Gasteiger partial charge on any atom is -0.457 e. The molecule has 0 saturated carbocycles. The number of hydrogen-bond donors (Lipinski definition) is 4. The molecule has 6 atom stereocenters. The SMILES string of the molecule is CC/C=C\C/C=C\C/C=C\C/C=C\C/C=C\C/C=C\C/C=C\CCCC(=O)OC(COCCCCCCCCC/C=C\C/C=C\C/C=C\CCCCC)COC1OC(CO)C(O)C(O)C1O. The third-order valence-electron chi connectivity index (χ3n) is 10.9. The zero-order valence-electron chi connectivity index (χ0n) is 41.1. The van der Waals surface area contributed by atoms with Crippen molar-refractivity contribution in [3.8, 4) is 0 Å². The summed E-state index contributed by atoms with van der Waals surface area (Å²) in [7, 11) is 0. The Kier molecular flexibility index (Phi) is 42.9. The van der Waals surface area contributed by atoms with Crippen LogP contribution in [0.1, 0.15) is 168 Å². The van der Waals surface area contributed by atoms with E-state index in [-0.39, 0.29) is 25.6 Å². The molecule has 1 rings (SSSR count). The molecular formula is C57H92O9. The minimum absolute atomic E-state index is 0.106. The second kappa shape index (κ2) is 46.7. The van der Waals surface area contributed by atoms with Crippen molar-refractivity contribution in [3.05, 3.63) is 122 Å². The first-order valence-corrected chi connectivity index (χ1v) is 25.6. The van der Waals surface area contributed by atoms with Gasteiger partial charge < -0.3 is 39.4 Å². The lowest BCUT2D eigenvalue weighted by Gasteiger charge is -2.39. The summed E-state index contributed by atoms with van der Waals surface area (Å²) in [5, 5.41) is 40.2. The second-order valence-corrected chi connectivity index (χ2v) is 16.9. The molecule has 0 bridgehead atoms. The molecule has 0 radical (unpaired) electrons. The van der Waals surface area contributed by atoms with Crippen LogP contribution < -0.4 is 0 Å². The number of esters is 1. The van der Waals surface area contributed by atoms with E-state index < -0.39 is 43.4 Å². The highest BCUT2D eigenvalue weighted by molar-refractivity contribution is 5.69. The smallest absolute Gasteiger partial charge is 0.306 e. The largest absolute Gasteiger partial charge is 0.457 e. The van der Waals surface area contributed by atoms with Gasteiger partial charge in [-0.25, -0.2) is 0 Å². The summed E-state index contributed by atoms with van der Waals surface area (Å²) in [5.41, 5.74) is 0. The Morgan fingerprint density at radius 3 is 1.39 bits per heavy atom. The van der Waals surface area contributed by atoms with Gasteiger partial charge in [-0.3, -0.25) is 4.79 Å². The number of unbranched alkanes of at least 4 members (excludes halogenated alkanes) is 11. The zero-order valence-corrected chi connectivity index (χ0v) is 41.1. The summed E-state index contributed by atoms with van der Waals surface area (Å²) in [5.74, 6) is -0.379. The lowest BCUT2D eigenvalue weighted by atomic mass is 9.99. The van der Waals surface area contributed by atoms with Gasteiger partial charge in [0, 0.05) is 13.0 Å². The van der Waals surface area contributed by atoms with Gasteiger partial charge in [0.25, 0.3) is 0 Å². The molecule has 1 saturated heterocycles. The predicted octanol–water partition coefficient (Wildman–Crippen LogP) is 12.7. The van der Waals surface area contributed by atoms with Crippen LogP contribution in [0.4, 0.5) is 0 Å². The van der Waals surface area contributed by atoms with E-state index in [4.69, 9.17) is 18.9 Å². The van der Waals surface area contributed by atoms with Crippen LogP contribution in [0.15, 0.2) is 122 Å². The van der Waals surface area contributed by atoms with Crippen LogP contribution in [0.25, 0.3) is 0 Å². The molecule has 1 fully saturated rings. The maximum Gasteiger partial charge on any atom is 0.306 e. The first-order chi connectivity index (χ1) is 32.4. The average Bonchev–Trinajstić information content (AvgIpc) is 3.32. The van der Waals surface area contributed by atoms with Crippen molar-refractivity contribution in [2.24, 2.45) is 0 Å². The van der Waals surface area contributed by atoms with E-state index in [9.17, 15) is 25.2 Å². The molecule has 66 heavy (non-hydrogen) atoms. The highest BCUT2D eigenvalue weighted by Gasteiger charge is 2.44. The summed E-state index contributed by atoms with van der Waals surface area (Å²) in [6.45, 7) is 4.30. The lowest BCUT2D eigenvalue weighted by molar-refractivity contribution is -0.305. The van der Waals surface area contributed by atoms with E-state index in [1.165, 1.54) is 51.4 Å². The second-order valence-electron chi connectivity index (χ2n) is 16.9. The molecule has 9 heteroatoms. The molecule has 0 amide bonds. The molecule has 374 valence electrons. The molecule has 1 aliphatic rings. The van der Waals surface area contributed by atoms with Crippen molar-refractivity contribution >= 4 is 5.97 Å². The molecule has 9 nitrogen and oxygen atoms in total. The Balaban J connectivity index is 2.29. The molecule has 0 aliphatic carbocycles. The number of aliphatic hydroxyl groups excluding tert-OH is 4. The number of allylic oxidation sites excluding steroid dienone is 20. The molecular weight excluding hydrogens is 829 g/mol. The van der Waals surface area contributed by atoms with Gasteiger partial charge >= 0.3 is 5.97 Å². The Morgan fingerprint density at radius 1 is 0.500 bits per heavy atom. The van der Waals surface area contributed by atoms with Gasteiger partial charge in [0.2, 0.25) is 0 Å². The molecule has 0 aromatic heterocycles. The first kappa shape index (κ1) is 60.6. The predicted molar refractivity (Wildman–Crippen MR) is 274 cm³/mol. The Morgan fingerprint density at radius 2 is 0.924 bits per heavy atom. The summed E-state index contributed by atoms with van der Waals surface area (Å²) < 4.78 is 22.8. The van der Waals surface area contributed by atoms with E-state index in [0.29, 0.717) is 13.0 Å². The fourth-order valence-electron chi connectivity index (χ4n) is 6.90. The van der Waals surface area contributed by atoms with E-state index in [1.807, 2.05) is 0 Å². The normalized spacial score (nSPS) is 20.4. The number of hydrogen-bond acceptors (Lipinski definition) is 9. The van der Waals surface area contributed by atoms with Gasteiger partial charge in [0.15, 0.2) is 6.29 Å². The lowest BCUT2D eigenvalue weighted by Crippen LogP contribution is -2.59. The number of aliphatic hydroxyl groups is 4. The number of ether oxygens (including phenoxy) is 4. The maximum atomic E-state index is 12.8. The number of rotatable bonds is 42. The van der Waals surface area contributed by atoms with E-state index >= 15 is 0 Å². The van der Waals surface area contributed by atoms with Crippen molar-refractivity contribution < 1.29 is 44.2 Å². The van der Waals surface area contributed by atoms with Crippen LogP contribution in [-0.4, -0.2) is 89.6 Å². The molecule has 6 unspecified atom stereocenters. The average molecular weight is 921 g/mol. The van der Waals surface area contributed by atoms with Gasteiger partial charge in [0.1, 0.15) is 30.5 Å². The highest BCUT2D eigenvalue weighted by atomic mass is 16.7. The van der Waals surface area contributed by atoms with Crippen LogP contribution in [-0.2, 0) is 23.7 Å². The summed E-state index contributed by atoms with van der Waals surface area (Å²) >= 11 is 0. The molecule has 1 aliphatic heterocycles. The van der Waals surface area contributed by atoms with Crippen molar-refractivity contribution in [1.29, 1.82) is 0 Å². The number of carbonyl (C=O) groups is 1. The first-order valence-electron chi connectivity index (χ1n) is 25.6. The van der Waals surface area contributed by atoms with Crippen LogP contribution in [0, 0.1) is 0 Å². The quantitative estimate of drug-likeness (QED) is 0.0268. The molecule has 0 aromatic rings. The topological polar surface area (TPSA) is 135 Å². The standard InChI is InChI=1S/C57H92O9/c1-3-5-7-9-11-13-15-17-19-21-23-25-26-27-28-30-32-34-36-38-40-42-44-46-53(59)65-51(50-64-57-56(62)55(61)54(60)52(48-58)66-57)49-63-47-45-43-41-39-37-35-33-31-29-24-22-20-18-16-14-12-10-8-6-4-2/h5,7,11-14,17-20,23-25,27-29,32,34,38,40,51-52,54-58,60-62H,3-4,6,8-10,15-16,21-22,26,30-31,33,35-37,39,41-50H2,1-2H3/b7-5-,13-11-,14-12-,19-17-,20-18-,25-23-,28-27-,29-24-,34-32-,40-38-.